The van der Waals surface area contributed by atoms with Crippen LogP contribution < -0.4 is 0 Å². The molecule has 0 rings (SSSR count). The van der Waals surface area contributed by atoms with Crippen LogP contribution in [0.4, 0.5) is 0 Å². The Morgan fingerprint density at radius 1 is 0.256 bits per heavy atom. The Morgan fingerprint density at radius 2 is 0.500 bits per heavy atom. The van der Waals surface area contributed by atoms with Crippen molar-refractivity contribution in [2.75, 3.05) is 13.2 Å². The van der Waals surface area contributed by atoms with Gasteiger partial charge in [0, 0.05) is 19.3 Å². The van der Waals surface area contributed by atoms with E-state index in [0.717, 1.165) is 64.2 Å². The highest BCUT2D eigenvalue weighted by Crippen LogP contribution is 2.19. The summed E-state index contributed by atoms with van der Waals surface area (Å²) < 4.78 is 16.9. The van der Waals surface area contributed by atoms with Gasteiger partial charge in [0.1, 0.15) is 13.2 Å². The van der Waals surface area contributed by atoms with E-state index >= 15 is 0 Å². The Kier molecular flexibility index (Phi) is 68.1. The molecule has 0 spiro atoms. The summed E-state index contributed by atoms with van der Waals surface area (Å²) in [7, 11) is 0. The van der Waals surface area contributed by atoms with Crippen molar-refractivity contribution in [2.24, 2.45) is 0 Å². The zero-order valence-corrected chi connectivity index (χ0v) is 55.0. The van der Waals surface area contributed by atoms with Gasteiger partial charge >= 0.3 is 17.9 Å². The summed E-state index contributed by atoms with van der Waals surface area (Å²) in [6.07, 6.45) is 91.5. The fourth-order valence-electron chi connectivity index (χ4n) is 10.9. The maximum Gasteiger partial charge on any atom is 0.306 e. The molecule has 0 aromatic carbocycles. The molecule has 0 aliphatic rings. The predicted octanol–water partition coefficient (Wildman–Crippen LogP) is 25.1. The van der Waals surface area contributed by atoms with Gasteiger partial charge in [0.25, 0.3) is 0 Å². The Labute approximate surface area is 510 Å². The summed E-state index contributed by atoms with van der Waals surface area (Å²) in [6, 6.07) is 0. The van der Waals surface area contributed by atoms with Crippen LogP contribution in [0.25, 0.3) is 0 Å². The van der Waals surface area contributed by atoms with Gasteiger partial charge in [-0.3, -0.25) is 14.4 Å². The first-order chi connectivity index (χ1) is 40.5. The molecule has 0 heterocycles. The van der Waals surface area contributed by atoms with Crippen molar-refractivity contribution < 1.29 is 28.6 Å². The minimum absolute atomic E-state index is 0.0911. The lowest BCUT2D eigenvalue weighted by Gasteiger charge is -2.18. The number of hydrogen-bond acceptors (Lipinski definition) is 6. The van der Waals surface area contributed by atoms with E-state index < -0.39 is 6.10 Å². The van der Waals surface area contributed by atoms with E-state index in [1.54, 1.807) is 0 Å². The smallest absolute Gasteiger partial charge is 0.306 e. The van der Waals surface area contributed by atoms with E-state index in [9.17, 15) is 14.4 Å². The van der Waals surface area contributed by atoms with E-state index in [1.807, 2.05) is 6.08 Å². The van der Waals surface area contributed by atoms with Gasteiger partial charge in [-0.1, -0.05) is 358 Å². The second kappa shape index (κ2) is 70.6. The second-order valence-corrected chi connectivity index (χ2v) is 24.5. The molecule has 0 saturated carbocycles. The monoisotopic (exact) mass is 1150 g/mol. The summed E-state index contributed by atoms with van der Waals surface area (Å²) >= 11 is 0. The molecule has 0 fully saturated rings. The Balaban J connectivity index is 4.14. The first-order valence-electron chi connectivity index (χ1n) is 36.3. The largest absolute Gasteiger partial charge is 0.462 e. The van der Waals surface area contributed by atoms with E-state index in [4.69, 9.17) is 14.2 Å². The molecule has 0 bridgehead atoms. The van der Waals surface area contributed by atoms with Crippen LogP contribution in [0, 0.1) is 0 Å². The number of rotatable bonds is 67. The first-order valence-corrected chi connectivity index (χ1v) is 36.3. The third kappa shape index (κ3) is 67.9. The van der Waals surface area contributed by atoms with E-state index in [0.29, 0.717) is 19.3 Å². The van der Waals surface area contributed by atoms with Gasteiger partial charge in [-0.25, -0.2) is 0 Å². The van der Waals surface area contributed by atoms with E-state index in [1.165, 1.54) is 276 Å². The van der Waals surface area contributed by atoms with Crippen molar-refractivity contribution in [3.05, 3.63) is 60.8 Å². The van der Waals surface area contributed by atoms with Gasteiger partial charge in [-0.2, -0.15) is 0 Å². The average Bonchev–Trinajstić information content (AvgIpc) is 3.47. The normalized spacial score (nSPS) is 12.4. The van der Waals surface area contributed by atoms with Gasteiger partial charge in [0.05, 0.1) is 0 Å². The van der Waals surface area contributed by atoms with Crippen LogP contribution >= 0.6 is 0 Å². The molecule has 478 valence electrons. The lowest BCUT2D eigenvalue weighted by Crippen LogP contribution is -2.30. The molecule has 0 saturated heterocycles. The molecular formula is C76H138O6. The highest BCUT2D eigenvalue weighted by atomic mass is 16.6. The lowest BCUT2D eigenvalue weighted by molar-refractivity contribution is -0.166. The van der Waals surface area contributed by atoms with Crippen molar-refractivity contribution in [1.82, 2.24) is 0 Å². The average molecular weight is 1150 g/mol. The van der Waals surface area contributed by atoms with Crippen molar-refractivity contribution in [3.8, 4) is 0 Å². The van der Waals surface area contributed by atoms with Gasteiger partial charge in [-0.05, 0) is 70.6 Å². The minimum atomic E-state index is -0.801. The molecule has 0 aliphatic carbocycles. The maximum atomic E-state index is 12.9. The summed E-state index contributed by atoms with van der Waals surface area (Å²) in [5.74, 6) is -0.952. The van der Waals surface area contributed by atoms with Gasteiger partial charge in [0.15, 0.2) is 6.10 Å². The van der Waals surface area contributed by atoms with Gasteiger partial charge in [-0.15, -0.1) is 0 Å². The van der Waals surface area contributed by atoms with Crippen molar-refractivity contribution in [1.29, 1.82) is 0 Å². The standard InChI is InChI=1S/C76H138O6/c1-4-7-10-13-16-19-22-25-27-29-31-32-33-34-35-36-37-38-39-40-41-42-43-44-45-47-48-51-54-57-60-63-66-69-75(78)81-72-73(71-80-74(77)68-65-62-59-56-53-50-24-21-18-15-12-9-6-3)82-76(79)70-67-64-61-58-55-52-49-46-30-28-26-23-20-17-14-11-8-5-2/h9,12,18,21,29,31,50,53,59,62,73H,4-8,10-11,13-17,19-20,22-28,30,32-49,51-52,54-58,60-61,63-72H2,1-3H3/b12-9-,21-18-,31-29-,53-50-,62-59-. The SMILES string of the molecule is CC/C=C\C/C=C\C/C=C\C/C=C\CCC(=O)OCC(COC(=O)CCCCCCCCCCCCCCCCCCCCCCC/C=C\CCCCCCCCCC)OC(=O)CCCCCCCCCCCCCCCCCCCC. The molecule has 6 heteroatoms. The number of hydrogen-bond donors (Lipinski definition) is 0. The molecule has 1 atom stereocenters. The molecular weight excluding hydrogens is 1010 g/mol. The number of unbranched alkanes of at least 4 members (excludes halogenated alkanes) is 46. The fraction of sp³-hybridized carbons (Fsp3) is 0.829. The predicted molar refractivity (Wildman–Crippen MR) is 358 cm³/mol. The zero-order valence-electron chi connectivity index (χ0n) is 55.0. The molecule has 6 nitrogen and oxygen atoms in total. The molecule has 0 amide bonds. The highest BCUT2D eigenvalue weighted by molar-refractivity contribution is 5.71. The van der Waals surface area contributed by atoms with Crippen LogP contribution in [-0.4, -0.2) is 37.2 Å². The van der Waals surface area contributed by atoms with Crippen LogP contribution in [-0.2, 0) is 28.6 Å². The Bertz CT molecular complexity index is 1460. The molecule has 0 aromatic heterocycles. The van der Waals surface area contributed by atoms with Gasteiger partial charge in [0.2, 0.25) is 0 Å². The number of ether oxygens (including phenoxy) is 3. The topological polar surface area (TPSA) is 78.9 Å². The molecule has 0 N–H and O–H groups in total. The second-order valence-electron chi connectivity index (χ2n) is 24.5. The fourth-order valence-corrected chi connectivity index (χ4v) is 10.9. The zero-order chi connectivity index (χ0) is 59.2. The van der Waals surface area contributed by atoms with Crippen molar-refractivity contribution in [3.63, 3.8) is 0 Å². The quantitative estimate of drug-likeness (QED) is 0.0261. The number of esters is 3. The van der Waals surface area contributed by atoms with Crippen molar-refractivity contribution >= 4 is 17.9 Å². The number of allylic oxidation sites excluding steroid dienone is 10. The number of carbonyl (C=O) groups is 3. The lowest BCUT2D eigenvalue weighted by atomic mass is 10.0. The molecule has 0 aliphatic heterocycles. The minimum Gasteiger partial charge on any atom is -0.462 e. The molecule has 0 aromatic rings. The van der Waals surface area contributed by atoms with Crippen LogP contribution in [0.1, 0.15) is 387 Å². The summed E-state index contributed by atoms with van der Waals surface area (Å²) in [5.41, 5.74) is 0. The van der Waals surface area contributed by atoms with Gasteiger partial charge < -0.3 is 14.2 Å². The third-order valence-corrected chi connectivity index (χ3v) is 16.3. The van der Waals surface area contributed by atoms with Crippen LogP contribution in [0.3, 0.4) is 0 Å². The van der Waals surface area contributed by atoms with Crippen molar-refractivity contribution in [2.45, 2.75) is 393 Å². The highest BCUT2D eigenvalue weighted by Gasteiger charge is 2.19. The number of carbonyl (C=O) groups excluding carboxylic acids is 3. The summed E-state index contributed by atoms with van der Waals surface area (Å²) in [4.78, 5) is 38.3. The first kappa shape index (κ1) is 79.1. The molecule has 82 heavy (non-hydrogen) atoms. The molecule has 0 radical (unpaired) electrons. The third-order valence-electron chi connectivity index (χ3n) is 16.3. The van der Waals surface area contributed by atoms with E-state index in [2.05, 4.69) is 75.5 Å². The Hall–Kier alpha value is -2.89. The maximum absolute atomic E-state index is 12.9. The van der Waals surface area contributed by atoms with E-state index in [-0.39, 0.29) is 37.5 Å². The molecule has 1 unspecified atom stereocenters. The summed E-state index contributed by atoms with van der Waals surface area (Å²) in [5, 5.41) is 0. The van der Waals surface area contributed by atoms with Crippen LogP contribution in [0.2, 0.25) is 0 Å². The summed E-state index contributed by atoms with van der Waals surface area (Å²) in [6.45, 7) is 6.52. The van der Waals surface area contributed by atoms with Crippen LogP contribution in [0.5, 0.6) is 0 Å². The van der Waals surface area contributed by atoms with Crippen LogP contribution in [0.15, 0.2) is 60.8 Å². The Morgan fingerprint density at radius 3 is 0.817 bits per heavy atom.